The van der Waals surface area contributed by atoms with Crippen LogP contribution in [0.25, 0.3) is 10.2 Å². The van der Waals surface area contributed by atoms with Crippen LogP contribution in [0.4, 0.5) is 15.9 Å². The lowest BCUT2D eigenvalue weighted by Gasteiger charge is -2.27. The van der Waals surface area contributed by atoms with Gasteiger partial charge < -0.3 is 26.4 Å². The Bertz CT molecular complexity index is 1070. The maximum atomic E-state index is 13.9. The fraction of sp³-hybridized carbons (Fsp3) is 0.350. The number of hydrogen-bond acceptors (Lipinski definition) is 8. The van der Waals surface area contributed by atoms with Crippen LogP contribution in [0.2, 0.25) is 0 Å². The SMILES string of the molecule is Cc1c(C(=O)O)sc2ncnc(Nc3ccc(F)cc3OC3CCCC(O)C3)c12.N. The second-order valence-electron chi connectivity index (χ2n) is 7.09. The van der Waals surface area contributed by atoms with Crippen LogP contribution in [-0.4, -0.2) is 38.4 Å². The molecule has 1 fully saturated rings. The zero-order chi connectivity index (χ0) is 20.5. The van der Waals surface area contributed by atoms with Crippen molar-refractivity contribution in [3.8, 4) is 5.75 Å². The van der Waals surface area contributed by atoms with Gasteiger partial charge in [0.15, 0.2) is 0 Å². The molecule has 3 aromatic rings. The van der Waals surface area contributed by atoms with Crippen LogP contribution in [-0.2, 0) is 0 Å². The van der Waals surface area contributed by atoms with E-state index < -0.39 is 17.9 Å². The van der Waals surface area contributed by atoms with Crippen LogP contribution in [0.5, 0.6) is 5.75 Å². The Balaban J connectivity index is 0.00000256. The van der Waals surface area contributed by atoms with Crippen molar-refractivity contribution in [2.75, 3.05) is 5.32 Å². The van der Waals surface area contributed by atoms with Gasteiger partial charge in [-0.1, -0.05) is 0 Å². The van der Waals surface area contributed by atoms with E-state index >= 15 is 0 Å². The molecule has 0 spiro atoms. The molecule has 2 unspecified atom stereocenters. The molecule has 30 heavy (non-hydrogen) atoms. The molecule has 1 aliphatic rings. The van der Waals surface area contributed by atoms with Gasteiger partial charge in [0.1, 0.15) is 39.5 Å². The predicted octanol–water partition coefficient (Wildman–Crippen LogP) is 4.42. The molecule has 160 valence electrons. The molecule has 2 atom stereocenters. The molecule has 0 saturated heterocycles. The number of thiophene rings is 1. The minimum Gasteiger partial charge on any atom is -0.488 e. The van der Waals surface area contributed by atoms with Gasteiger partial charge in [-0.05, 0) is 43.9 Å². The monoisotopic (exact) mass is 434 g/mol. The first kappa shape index (κ1) is 21.9. The normalized spacial score (nSPS) is 18.6. The highest BCUT2D eigenvalue weighted by Crippen LogP contribution is 2.37. The maximum Gasteiger partial charge on any atom is 0.346 e. The Hall–Kier alpha value is -2.82. The fourth-order valence-electron chi connectivity index (χ4n) is 3.60. The zero-order valence-corrected chi connectivity index (χ0v) is 17.2. The number of aryl methyl sites for hydroxylation is 1. The molecule has 2 aromatic heterocycles. The molecule has 0 amide bonds. The summed E-state index contributed by atoms with van der Waals surface area (Å²) >= 11 is 1.08. The highest BCUT2D eigenvalue weighted by molar-refractivity contribution is 7.20. The fourth-order valence-corrected chi connectivity index (χ4v) is 4.59. The number of carboxylic acid groups (broad SMARTS) is 1. The Morgan fingerprint density at radius 2 is 2.13 bits per heavy atom. The van der Waals surface area contributed by atoms with Crippen molar-refractivity contribution in [1.82, 2.24) is 16.1 Å². The number of hydrogen-bond donors (Lipinski definition) is 4. The summed E-state index contributed by atoms with van der Waals surface area (Å²) in [6, 6.07) is 4.16. The van der Waals surface area contributed by atoms with Crippen LogP contribution < -0.4 is 16.2 Å². The van der Waals surface area contributed by atoms with E-state index in [2.05, 4.69) is 15.3 Å². The van der Waals surface area contributed by atoms with Crippen molar-refractivity contribution < 1.29 is 24.1 Å². The van der Waals surface area contributed by atoms with Gasteiger partial charge in [0, 0.05) is 12.5 Å². The van der Waals surface area contributed by atoms with Gasteiger partial charge >= 0.3 is 5.97 Å². The van der Waals surface area contributed by atoms with Crippen molar-refractivity contribution in [3.05, 3.63) is 40.8 Å². The number of nitrogens with zero attached hydrogens (tertiary/aromatic N) is 2. The summed E-state index contributed by atoms with van der Waals surface area (Å²) < 4.78 is 19.9. The minimum absolute atomic E-state index is 0. The van der Waals surface area contributed by atoms with E-state index in [0.29, 0.717) is 39.5 Å². The topological polar surface area (TPSA) is 140 Å². The van der Waals surface area contributed by atoms with Gasteiger partial charge in [-0.2, -0.15) is 0 Å². The Morgan fingerprint density at radius 1 is 1.33 bits per heavy atom. The van der Waals surface area contributed by atoms with E-state index in [1.165, 1.54) is 18.5 Å². The number of ether oxygens (including phenoxy) is 1. The van der Waals surface area contributed by atoms with Crippen LogP contribution in [0, 0.1) is 12.7 Å². The van der Waals surface area contributed by atoms with Gasteiger partial charge in [-0.15, -0.1) is 11.3 Å². The molecule has 1 aliphatic carbocycles. The third-order valence-electron chi connectivity index (χ3n) is 5.01. The zero-order valence-electron chi connectivity index (χ0n) is 16.4. The Labute approximate surface area is 176 Å². The standard InChI is InChI=1S/C20H20FN3O4S.H3N/c1-10-16-18(22-9-23-19(16)29-17(10)20(26)27)24-14-6-5-11(21)7-15(14)28-13-4-2-3-12(25)8-13;/h5-7,9,12-13,25H,2-4,8H2,1H3,(H,26,27)(H,22,23,24);1H3. The average Bonchev–Trinajstić information content (AvgIpc) is 3.02. The lowest BCUT2D eigenvalue weighted by Crippen LogP contribution is -2.28. The Kier molecular flexibility index (Phi) is 6.49. The van der Waals surface area contributed by atoms with Crippen LogP contribution in [0.3, 0.4) is 0 Å². The maximum absolute atomic E-state index is 13.9. The molecule has 1 saturated carbocycles. The van der Waals surface area contributed by atoms with Crippen molar-refractivity contribution in [2.24, 2.45) is 0 Å². The van der Waals surface area contributed by atoms with Crippen LogP contribution in [0.15, 0.2) is 24.5 Å². The number of benzene rings is 1. The summed E-state index contributed by atoms with van der Waals surface area (Å²) in [7, 11) is 0. The number of nitrogens with one attached hydrogen (secondary N) is 1. The number of carbonyl (C=O) groups is 1. The summed E-state index contributed by atoms with van der Waals surface area (Å²) in [5, 5.41) is 23.0. The van der Waals surface area contributed by atoms with E-state index in [1.54, 1.807) is 13.0 Å². The largest absolute Gasteiger partial charge is 0.488 e. The second-order valence-corrected chi connectivity index (χ2v) is 8.09. The van der Waals surface area contributed by atoms with E-state index in [0.717, 1.165) is 30.6 Å². The molecular weight excluding hydrogens is 411 g/mol. The first-order valence-corrected chi connectivity index (χ1v) is 10.1. The summed E-state index contributed by atoms with van der Waals surface area (Å²) in [5.74, 6) is -0.702. The first-order valence-electron chi connectivity index (χ1n) is 9.31. The number of aliphatic hydroxyl groups excluding tert-OH is 1. The van der Waals surface area contributed by atoms with Crippen molar-refractivity contribution in [3.63, 3.8) is 0 Å². The molecule has 6 N–H and O–H groups in total. The van der Waals surface area contributed by atoms with Gasteiger partial charge in [0.05, 0.1) is 17.2 Å². The summed E-state index contributed by atoms with van der Waals surface area (Å²) in [6.45, 7) is 1.71. The quantitative estimate of drug-likeness (QED) is 0.462. The lowest BCUT2D eigenvalue weighted by atomic mass is 9.95. The molecule has 0 radical (unpaired) electrons. The molecule has 2 heterocycles. The molecule has 4 rings (SSSR count). The Morgan fingerprint density at radius 3 is 2.87 bits per heavy atom. The van der Waals surface area contributed by atoms with Crippen LogP contribution in [0.1, 0.15) is 40.9 Å². The summed E-state index contributed by atoms with van der Waals surface area (Å²) in [6.07, 6.45) is 3.62. The number of rotatable bonds is 5. The number of halogens is 1. The molecular formula is C20H23FN4O4S. The van der Waals surface area contributed by atoms with Crippen molar-refractivity contribution >= 4 is 39.0 Å². The summed E-state index contributed by atoms with van der Waals surface area (Å²) in [4.78, 5) is 20.6. The number of carboxylic acids is 1. The van der Waals surface area contributed by atoms with Crippen LogP contribution >= 0.6 is 11.3 Å². The molecule has 8 nitrogen and oxygen atoms in total. The number of anilines is 2. The van der Waals surface area contributed by atoms with E-state index in [9.17, 15) is 19.4 Å². The van der Waals surface area contributed by atoms with Gasteiger partial charge in [0.2, 0.25) is 0 Å². The van der Waals surface area contributed by atoms with E-state index in [4.69, 9.17) is 4.74 Å². The minimum atomic E-state index is -1.02. The number of aromatic carboxylic acids is 1. The van der Waals surface area contributed by atoms with Crippen molar-refractivity contribution in [2.45, 2.75) is 44.8 Å². The average molecular weight is 434 g/mol. The molecule has 0 bridgehead atoms. The number of fused-ring (bicyclic) bond motifs is 1. The number of aliphatic hydroxyl groups is 1. The van der Waals surface area contributed by atoms with E-state index in [-0.39, 0.29) is 17.1 Å². The predicted molar refractivity (Wildman–Crippen MR) is 113 cm³/mol. The molecule has 1 aromatic carbocycles. The van der Waals surface area contributed by atoms with Gasteiger partial charge in [-0.25, -0.2) is 19.2 Å². The molecule has 10 heteroatoms. The highest BCUT2D eigenvalue weighted by atomic mass is 32.1. The number of aromatic nitrogens is 2. The highest BCUT2D eigenvalue weighted by Gasteiger charge is 2.23. The van der Waals surface area contributed by atoms with Crippen molar-refractivity contribution in [1.29, 1.82) is 0 Å². The third kappa shape index (κ3) is 4.35. The van der Waals surface area contributed by atoms with Gasteiger partial charge in [-0.3, -0.25) is 0 Å². The van der Waals surface area contributed by atoms with Gasteiger partial charge in [0.25, 0.3) is 0 Å². The summed E-state index contributed by atoms with van der Waals surface area (Å²) in [5.41, 5.74) is 1.08. The molecule has 0 aliphatic heterocycles. The first-order chi connectivity index (χ1) is 13.9. The van der Waals surface area contributed by atoms with E-state index in [1.807, 2.05) is 0 Å². The lowest BCUT2D eigenvalue weighted by molar-refractivity contribution is 0.0538. The third-order valence-corrected chi connectivity index (χ3v) is 6.20. The second kappa shape index (κ2) is 8.90. The smallest absolute Gasteiger partial charge is 0.346 e.